The summed E-state index contributed by atoms with van der Waals surface area (Å²) in [4.78, 5) is 26.7. The van der Waals surface area contributed by atoms with Gasteiger partial charge >= 0.3 is 0 Å². The van der Waals surface area contributed by atoms with Gasteiger partial charge in [0, 0.05) is 13.0 Å². The van der Waals surface area contributed by atoms with Crippen molar-refractivity contribution in [1.82, 2.24) is 19.9 Å². The van der Waals surface area contributed by atoms with E-state index in [1.807, 2.05) is 20.8 Å². The average molecular weight is 879 g/mol. The van der Waals surface area contributed by atoms with Crippen LogP contribution in [-0.2, 0) is 84.3 Å². The number of aromatic nitrogens is 3. The molecule has 61 heavy (non-hydrogen) atoms. The summed E-state index contributed by atoms with van der Waals surface area (Å²) in [7, 11) is 0. The molecule has 0 N–H and O–H groups in total. The van der Waals surface area contributed by atoms with E-state index in [9.17, 15) is 9.59 Å². The molecule has 0 saturated carbocycles. The van der Waals surface area contributed by atoms with E-state index < -0.39 is 0 Å². The fourth-order valence-corrected chi connectivity index (χ4v) is 5.53. The fraction of sp³-hybridized carbons (Fsp3) is 0.905. The highest BCUT2D eigenvalue weighted by molar-refractivity contribution is 6.03. The molecule has 1 aromatic heterocycles. The van der Waals surface area contributed by atoms with Crippen molar-refractivity contribution in [3.8, 4) is 0 Å². The van der Waals surface area contributed by atoms with Crippen molar-refractivity contribution in [2.24, 2.45) is 11.3 Å². The van der Waals surface area contributed by atoms with Gasteiger partial charge in [-0.05, 0) is 11.8 Å². The lowest BCUT2D eigenvalue weighted by Gasteiger charge is -2.28. The summed E-state index contributed by atoms with van der Waals surface area (Å²) in [5, 5.41) is 8.22. The molecule has 1 aromatic rings. The molecule has 0 spiro atoms. The van der Waals surface area contributed by atoms with Crippen LogP contribution < -0.4 is 0 Å². The number of unbranched alkanes of at least 4 members (excludes halogenated alkanes) is 1. The second kappa shape index (κ2) is 38.2. The number of hydrogen-bond donors (Lipinski definition) is 0. The van der Waals surface area contributed by atoms with Gasteiger partial charge in [0.05, 0.1) is 190 Å². The van der Waals surface area contributed by atoms with Crippen LogP contribution in [0.1, 0.15) is 59.1 Å². The maximum atomic E-state index is 12.9. The molecule has 0 aliphatic carbocycles. The Morgan fingerprint density at radius 3 is 1.18 bits per heavy atom. The van der Waals surface area contributed by atoms with Crippen LogP contribution in [-0.4, -0.2) is 203 Å². The Hall–Kier alpha value is -2.24. The van der Waals surface area contributed by atoms with Gasteiger partial charge in [-0.25, -0.2) is 4.68 Å². The Balaban J connectivity index is 1.20. The number of ether oxygens (including phenoxy) is 13. The van der Waals surface area contributed by atoms with Crippen molar-refractivity contribution < 1.29 is 71.2 Å². The third-order valence-corrected chi connectivity index (χ3v) is 9.58. The number of rotatable bonds is 46. The van der Waals surface area contributed by atoms with E-state index in [1.54, 1.807) is 10.9 Å². The smallest absolute Gasteiger partial charge is 0.233 e. The molecule has 0 aromatic carbocycles. The quantitative estimate of drug-likeness (QED) is 0.0686. The van der Waals surface area contributed by atoms with Gasteiger partial charge in [0.1, 0.15) is 5.69 Å². The zero-order valence-electron chi connectivity index (χ0n) is 37.7. The number of carbonyl (C=O) groups excluding carboxylic acids is 2. The molecule has 1 aliphatic rings. The van der Waals surface area contributed by atoms with E-state index in [2.05, 4.69) is 17.2 Å². The molecule has 0 bridgehead atoms. The monoisotopic (exact) mass is 879 g/mol. The van der Waals surface area contributed by atoms with Gasteiger partial charge in [-0.2, -0.15) is 0 Å². The molecule has 2 amide bonds. The predicted octanol–water partition coefficient (Wildman–Crippen LogP) is 2.61. The summed E-state index contributed by atoms with van der Waals surface area (Å²) in [6.07, 6.45) is 5.05. The van der Waals surface area contributed by atoms with Gasteiger partial charge in [-0.3, -0.25) is 14.5 Å². The van der Waals surface area contributed by atoms with E-state index in [0.717, 1.165) is 25.9 Å². The maximum absolute atomic E-state index is 12.9. The first-order valence-electron chi connectivity index (χ1n) is 22.1. The van der Waals surface area contributed by atoms with Crippen LogP contribution in [0, 0.1) is 11.3 Å². The first kappa shape index (κ1) is 54.9. The number of nitrogens with zero attached hydrogens (tertiary/aromatic N) is 4. The van der Waals surface area contributed by atoms with Crippen LogP contribution in [0.5, 0.6) is 0 Å². The molecule has 19 nitrogen and oxygen atoms in total. The molecular formula is C42H78N4O15. The van der Waals surface area contributed by atoms with E-state index in [-0.39, 0.29) is 36.1 Å². The molecule has 356 valence electrons. The third-order valence-electron chi connectivity index (χ3n) is 9.58. The number of imide groups is 1. The first-order chi connectivity index (χ1) is 29.9. The number of amides is 2. The van der Waals surface area contributed by atoms with Gasteiger partial charge in [0.25, 0.3) is 0 Å². The molecule has 2 rings (SSSR count). The third kappa shape index (κ3) is 29.0. The van der Waals surface area contributed by atoms with E-state index in [0.29, 0.717) is 177 Å². The molecule has 1 unspecified atom stereocenters. The van der Waals surface area contributed by atoms with Crippen LogP contribution in [0.15, 0.2) is 6.20 Å². The Labute approximate surface area is 363 Å². The van der Waals surface area contributed by atoms with Crippen LogP contribution >= 0.6 is 0 Å². The lowest BCUT2D eigenvalue weighted by atomic mass is 9.76. The second-order valence-electron chi connectivity index (χ2n) is 14.7. The molecular weight excluding hydrogens is 800 g/mol. The molecule has 2 heterocycles. The Kier molecular flexibility index (Phi) is 34.4. The normalized spacial score (nSPS) is 14.6. The summed E-state index contributed by atoms with van der Waals surface area (Å²) < 4.78 is 73.2. The summed E-state index contributed by atoms with van der Waals surface area (Å²) >= 11 is 0. The van der Waals surface area contributed by atoms with Crippen LogP contribution in [0.25, 0.3) is 0 Å². The summed E-state index contributed by atoms with van der Waals surface area (Å²) in [6, 6.07) is 0. The summed E-state index contributed by atoms with van der Waals surface area (Å²) in [6.45, 7) is 22.2. The number of hydrogen-bond acceptors (Lipinski definition) is 17. The van der Waals surface area contributed by atoms with Crippen LogP contribution in [0.3, 0.4) is 0 Å². The topological polar surface area (TPSA) is 188 Å². The van der Waals surface area contributed by atoms with Crippen molar-refractivity contribution in [1.29, 1.82) is 0 Å². The van der Waals surface area contributed by atoms with Crippen LogP contribution in [0.4, 0.5) is 0 Å². The Morgan fingerprint density at radius 1 is 0.525 bits per heavy atom. The van der Waals surface area contributed by atoms with E-state index in [1.165, 1.54) is 4.90 Å². The summed E-state index contributed by atoms with van der Waals surface area (Å²) in [5.74, 6) is -0.572. The summed E-state index contributed by atoms with van der Waals surface area (Å²) in [5.41, 5.74) is 0.354. The van der Waals surface area contributed by atoms with Crippen molar-refractivity contribution in [2.75, 3.05) is 172 Å². The Bertz CT molecular complexity index is 1180. The van der Waals surface area contributed by atoms with E-state index >= 15 is 0 Å². The second-order valence-corrected chi connectivity index (χ2v) is 14.7. The van der Waals surface area contributed by atoms with Crippen LogP contribution in [0.2, 0.25) is 0 Å². The van der Waals surface area contributed by atoms with Gasteiger partial charge in [-0.15, -0.1) is 5.10 Å². The molecule has 19 heteroatoms. The highest BCUT2D eigenvalue weighted by Crippen LogP contribution is 2.38. The van der Waals surface area contributed by atoms with Gasteiger partial charge < -0.3 is 61.6 Å². The molecule has 1 aliphatic heterocycles. The van der Waals surface area contributed by atoms with Crippen molar-refractivity contribution in [2.45, 2.75) is 66.5 Å². The molecule has 1 saturated heterocycles. The average Bonchev–Trinajstić information content (AvgIpc) is 3.83. The number of carbonyl (C=O) groups is 2. The SMILES string of the molecule is CCCCOCCOCCOCCOCCOCCOCCOCCOCCOCCOCCOCCOCCOCCn1cc(CN2C(=O)CC(C(C)(C)CC)C2=O)nn1. The zero-order chi connectivity index (χ0) is 43.9. The Morgan fingerprint density at radius 2 is 0.852 bits per heavy atom. The number of likely N-dealkylation sites (tertiary alicyclic amines) is 1. The van der Waals surface area contributed by atoms with Crippen molar-refractivity contribution in [3.05, 3.63) is 11.9 Å². The van der Waals surface area contributed by atoms with Crippen molar-refractivity contribution in [3.63, 3.8) is 0 Å². The highest BCUT2D eigenvalue weighted by atomic mass is 16.6. The molecule has 1 atom stereocenters. The lowest BCUT2D eigenvalue weighted by molar-refractivity contribution is -0.141. The van der Waals surface area contributed by atoms with Gasteiger partial charge in [-0.1, -0.05) is 45.7 Å². The minimum atomic E-state index is -0.293. The molecule has 0 radical (unpaired) electrons. The van der Waals surface area contributed by atoms with Crippen molar-refractivity contribution >= 4 is 11.8 Å². The minimum Gasteiger partial charge on any atom is -0.379 e. The maximum Gasteiger partial charge on any atom is 0.233 e. The highest BCUT2D eigenvalue weighted by Gasteiger charge is 2.45. The fourth-order valence-electron chi connectivity index (χ4n) is 5.53. The zero-order valence-corrected chi connectivity index (χ0v) is 37.7. The lowest BCUT2D eigenvalue weighted by Crippen LogP contribution is -2.34. The predicted molar refractivity (Wildman–Crippen MR) is 223 cm³/mol. The van der Waals surface area contributed by atoms with Gasteiger partial charge in [0.2, 0.25) is 11.8 Å². The molecule has 1 fully saturated rings. The van der Waals surface area contributed by atoms with Gasteiger partial charge in [0.15, 0.2) is 0 Å². The first-order valence-corrected chi connectivity index (χ1v) is 22.1. The standard InChI is InChI=1S/C42H78N4O15/c1-5-7-9-49-11-13-51-15-17-53-19-21-55-23-25-57-27-29-59-31-33-61-34-32-60-30-28-58-26-24-56-22-20-54-18-16-52-14-12-50-10-8-45-36-38(43-44-45)37-46-40(47)35-39(41(46)48)42(3,4)6-2/h36,39H,5-35,37H2,1-4H3. The largest absolute Gasteiger partial charge is 0.379 e. The minimum absolute atomic E-state index is 0.126. The van der Waals surface area contributed by atoms with E-state index in [4.69, 9.17) is 61.6 Å².